The third kappa shape index (κ3) is 22.7. The van der Waals surface area contributed by atoms with E-state index in [1.54, 1.807) is 40.9 Å². The predicted molar refractivity (Wildman–Crippen MR) is 399 cm³/mol. The molecule has 0 aliphatic carbocycles. The zero-order chi connectivity index (χ0) is 75.7. The minimum absolute atomic E-state index is 0.0147. The Morgan fingerprint density at radius 3 is 1.47 bits per heavy atom. The molecule has 4 aromatic rings. The molecule has 0 fully saturated rings. The lowest BCUT2D eigenvalue weighted by Crippen LogP contribution is -2.61. The Bertz CT molecular complexity index is 3030. The fourth-order valence-electron chi connectivity index (χ4n) is 13.0. The largest absolute Gasteiger partial charge is 0.497 e. The molecule has 0 spiro atoms. The lowest BCUT2D eigenvalue weighted by Gasteiger charge is -2.45. The van der Waals surface area contributed by atoms with E-state index >= 15 is 17.6 Å². The highest BCUT2D eigenvalue weighted by Gasteiger charge is 2.81. The molecule has 4 rings (SSSR count). The van der Waals surface area contributed by atoms with Gasteiger partial charge >= 0.3 is 23.9 Å². The lowest BCUT2D eigenvalue weighted by atomic mass is 9.80. The van der Waals surface area contributed by atoms with E-state index in [4.69, 9.17) is 27.5 Å². The number of hydrogen-bond donors (Lipinski definition) is 1. The number of benzene rings is 4. The van der Waals surface area contributed by atoms with Gasteiger partial charge in [-0.15, -0.1) is 0 Å². The van der Waals surface area contributed by atoms with Crippen LogP contribution in [0.25, 0.3) is 0 Å². The van der Waals surface area contributed by atoms with Crippen molar-refractivity contribution in [1.29, 1.82) is 0 Å². The summed E-state index contributed by atoms with van der Waals surface area (Å²) < 4.78 is 173. The average molecular weight is 1460 g/mol. The number of aliphatic hydroxyl groups excluding tert-OH is 1. The Morgan fingerprint density at radius 1 is 0.540 bits per heavy atom. The minimum atomic E-state index is -7.03. The third-order valence-electron chi connectivity index (χ3n) is 21.5. The zero-order valence-corrected chi connectivity index (χ0v) is 66.7. The van der Waals surface area contributed by atoms with Gasteiger partial charge in [-0.25, -0.2) is 0 Å². The van der Waals surface area contributed by atoms with Gasteiger partial charge in [-0.3, -0.25) is 0 Å². The van der Waals surface area contributed by atoms with Gasteiger partial charge in [0, 0.05) is 24.7 Å². The van der Waals surface area contributed by atoms with Gasteiger partial charge in [-0.2, -0.15) is 39.5 Å². The maximum Gasteiger partial charge on any atom is 0.460 e. The van der Waals surface area contributed by atoms with Gasteiger partial charge in [0.1, 0.15) is 11.4 Å². The standard InChI is InChI=1S/C81H121F9O7Si3/c1-23-24-35-61(8)74(93-56-65-45-48-69(92-18)49-46-65)64(11)71(91)50-43-59(6)54-63(10)73(97-99(21,22)76(15,16)17)62(9)44-47-70(95-98(19,20)75(12,13)14)55-72(96-100(57(2)3,58(4)5)53-51-77(82,83)79(84,85)80(86,87)81(88,89)90)60(7)36-34-52-94-78(66-37-28-25-29-38-66,67-39-30-26-31-40-67)68-41-32-27-33-42-68/h23-42,44-49,57-64,70-74,91H,1,43,50-56H2,2-22H3/b35-24+,36-34+,47-44?/t59-,60-,61-,62-,63-,64-,70+,71+,72+,73-,74-/m0/s1. The Kier molecular flexibility index (Phi) is 32.4. The maximum atomic E-state index is 15.9. The van der Waals surface area contributed by atoms with Crippen molar-refractivity contribution in [3.63, 3.8) is 0 Å². The summed E-state index contributed by atoms with van der Waals surface area (Å²) in [5.41, 5.74) is 1.23. The van der Waals surface area contributed by atoms with Crippen molar-refractivity contribution >= 4 is 25.0 Å². The molecule has 100 heavy (non-hydrogen) atoms. The van der Waals surface area contributed by atoms with Crippen LogP contribution in [-0.4, -0.2) is 98.2 Å². The number of methoxy groups -OCH3 is 1. The summed E-state index contributed by atoms with van der Waals surface area (Å²) in [5.74, 6) is -19.7. The summed E-state index contributed by atoms with van der Waals surface area (Å²) in [6.07, 6.45) is 3.96. The Morgan fingerprint density at radius 2 is 1.02 bits per heavy atom. The van der Waals surface area contributed by atoms with Crippen LogP contribution >= 0.6 is 0 Å². The summed E-state index contributed by atoms with van der Waals surface area (Å²) >= 11 is 0. The van der Waals surface area contributed by atoms with E-state index < -0.39 is 102 Å². The van der Waals surface area contributed by atoms with Crippen LogP contribution in [-0.2, 0) is 35.0 Å². The molecule has 0 aromatic heterocycles. The maximum absolute atomic E-state index is 15.9. The molecule has 19 heteroatoms. The summed E-state index contributed by atoms with van der Waals surface area (Å²) in [7, 11) is -7.54. The minimum Gasteiger partial charge on any atom is -0.497 e. The molecule has 4 aromatic carbocycles. The van der Waals surface area contributed by atoms with Gasteiger partial charge in [0.15, 0.2) is 25.0 Å². The predicted octanol–water partition coefficient (Wildman–Crippen LogP) is 24.0. The second-order valence-corrected chi connectivity index (χ2v) is 46.3. The van der Waals surface area contributed by atoms with Crippen molar-refractivity contribution in [2.24, 2.45) is 35.5 Å². The summed E-state index contributed by atoms with van der Waals surface area (Å²) in [5, 5.41) is 11.5. The van der Waals surface area contributed by atoms with Crippen molar-refractivity contribution in [3.8, 4) is 5.75 Å². The summed E-state index contributed by atoms with van der Waals surface area (Å²) in [6.45, 7) is 45.3. The van der Waals surface area contributed by atoms with Crippen LogP contribution in [0, 0.1) is 35.5 Å². The molecule has 0 radical (unpaired) electrons. The first kappa shape index (κ1) is 87.8. The Hall–Kier alpha value is -4.58. The molecule has 0 saturated heterocycles. The SMILES string of the molecule is C=C/C=C/[C@H](C)[C@H](OCc1ccc(OC)cc1)[C@@H](C)[C@H](O)CC[C@H](C)C[C@H](C)[C@@H](O[Si](C)(C)C(C)(C)C)[C@@H](C)C=C[C@H](C[C@@H](O[Si](CCC(F)(F)C(F)(F)C(F)(F)C(F)(F)F)(C(C)C)C(C)C)[C@@H](C)/C=C/COC(c1ccccc1)(c1ccccc1)c1ccccc1)O[Si](C)(C)C(C)(C)C. The van der Waals surface area contributed by atoms with E-state index in [1.807, 2.05) is 153 Å². The quantitative estimate of drug-likeness (QED) is 0.0156. The van der Waals surface area contributed by atoms with Gasteiger partial charge in [0.25, 0.3) is 0 Å². The van der Waals surface area contributed by atoms with Crippen LogP contribution < -0.4 is 4.74 Å². The van der Waals surface area contributed by atoms with Gasteiger partial charge in [-0.05, 0) is 131 Å². The molecule has 1 N–H and O–H groups in total. The van der Waals surface area contributed by atoms with Gasteiger partial charge < -0.3 is 32.6 Å². The number of ether oxygens (including phenoxy) is 3. The van der Waals surface area contributed by atoms with Gasteiger partial charge in [0.05, 0.1) is 50.8 Å². The fraction of sp³-hybridized carbons (Fsp3) is 0.605. The molecule has 11 atom stereocenters. The molecule has 0 heterocycles. The van der Waals surface area contributed by atoms with E-state index in [2.05, 4.69) is 114 Å². The molecule has 0 aliphatic heterocycles. The second kappa shape index (κ2) is 36.9. The highest BCUT2D eigenvalue weighted by molar-refractivity contribution is 6.76. The van der Waals surface area contributed by atoms with E-state index in [1.165, 1.54) is 0 Å². The van der Waals surface area contributed by atoms with Crippen LogP contribution in [0.3, 0.4) is 0 Å². The van der Waals surface area contributed by atoms with Gasteiger partial charge in [0.2, 0.25) is 0 Å². The van der Waals surface area contributed by atoms with Crippen molar-refractivity contribution in [1.82, 2.24) is 0 Å². The molecular weight excluding hydrogens is 1340 g/mol. The molecule has 0 unspecified atom stereocenters. The Labute approximate surface area is 598 Å². The van der Waals surface area contributed by atoms with Crippen LogP contribution in [0.1, 0.15) is 165 Å². The van der Waals surface area contributed by atoms with E-state index in [-0.39, 0.29) is 64.9 Å². The Balaban J connectivity index is 1.84. The topological polar surface area (TPSA) is 75.6 Å². The molecule has 7 nitrogen and oxygen atoms in total. The molecule has 562 valence electrons. The van der Waals surface area contributed by atoms with E-state index in [0.717, 1.165) is 40.8 Å². The molecule has 0 bridgehead atoms. The third-order valence-corrected chi connectivity index (χ3v) is 36.2. The first-order chi connectivity index (χ1) is 46.2. The number of aliphatic hydroxyl groups is 1. The number of rotatable bonds is 41. The van der Waals surface area contributed by atoms with Gasteiger partial charge in [-0.1, -0.05) is 263 Å². The van der Waals surface area contributed by atoms with Crippen LogP contribution in [0.4, 0.5) is 39.5 Å². The zero-order valence-electron chi connectivity index (χ0n) is 63.7. The van der Waals surface area contributed by atoms with Crippen LogP contribution in [0.15, 0.2) is 164 Å². The van der Waals surface area contributed by atoms with Crippen molar-refractivity contribution < 1.29 is 72.1 Å². The first-order valence-electron chi connectivity index (χ1n) is 35.8. The smallest absolute Gasteiger partial charge is 0.460 e. The monoisotopic (exact) mass is 1460 g/mol. The lowest BCUT2D eigenvalue weighted by molar-refractivity contribution is -0.396. The molecule has 0 saturated carbocycles. The number of alkyl halides is 9. The summed E-state index contributed by atoms with van der Waals surface area (Å²) in [6, 6.07) is 36.3. The van der Waals surface area contributed by atoms with E-state index in [9.17, 15) is 27.1 Å². The summed E-state index contributed by atoms with van der Waals surface area (Å²) in [4.78, 5) is 0. The van der Waals surface area contributed by atoms with Crippen LogP contribution in [0.5, 0.6) is 5.75 Å². The molecular formula is C81H121F9O7Si3. The second-order valence-electron chi connectivity index (χ2n) is 31.8. The number of allylic oxidation sites excluding steroid dienone is 2. The fourth-order valence-corrected chi connectivity index (χ4v) is 20.5. The number of halogens is 9. The normalized spacial score (nSPS) is 17.3. The first-order valence-corrected chi connectivity index (χ1v) is 43.9. The van der Waals surface area contributed by atoms with Crippen LogP contribution in [0.2, 0.25) is 53.4 Å². The number of hydrogen-bond acceptors (Lipinski definition) is 7. The van der Waals surface area contributed by atoms with Crippen molar-refractivity contribution in [2.75, 3.05) is 13.7 Å². The van der Waals surface area contributed by atoms with Crippen molar-refractivity contribution in [3.05, 3.63) is 187 Å². The molecule has 0 amide bonds. The highest BCUT2D eigenvalue weighted by atomic mass is 28.4. The van der Waals surface area contributed by atoms with E-state index in [0.29, 0.717) is 13.0 Å². The highest BCUT2D eigenvalue weighted by Crippen LogP contribution is 2.56. The molecule has 0 aliphatic rings. The van der Waals surface area contributed by atoms with Crippen molar-refractivity contribution in [2.45, 2.75) is 263 Å². The average Bonchev–Trinajstić information content (AvgIpc) is 0.746.